The van der Waals surface area contributed by atoms with Gasteiger partial charge in [0.05, 0.1) is 6.54 Å². The van der Waals surface area contributed by atoms with Gasteiger partial charge in [-0.05, 0) is 30.7 Å². The highest BCUT2D eigenvalue weighted by Crippen LogP contribution is 2.15. The lowest BCUT2D eigenvalue weighted by atomic mass is 10.2. The van der Waals surface area contributed by atoms with Gasteiger partial charge in [-0.3, -0.25) is 9.48 Å². The molecule has 1 aliphatic heterocycles. The van der Waals surface area contributed by atoms with Crippen molar-refractivity contribution in [1.82, 2.24) is 15.1 Å². The molecule has 0 saturated carbocycles. The lowest BCUT2D eigenvalue weighted by Gasteiger charge is -2.13. The summed E-state index contributed by atoms with van der Waals surface area (Å²) in [5, 5.41) is 7.16. The van der Waals surface area contributed by atoms with Gasteiger partial charge in [-0.2, -0.15) is 5.10 Å². The molecular formula is C14H15N3O2. The summed E-state index contributed by atoms with van der Waals surface area (Å²) in [4.78, 5) is 11.6. The quantitative estimate of drug-likeness (QED) is 0.907. The first-order valence-electron chi connectivity index (χ1n) is 6.27. The molecule has 0 spiro atoms. The predicted molar refractivity (Wildman–Crippen MR) is 70.1 cm³/mol. The van der Waals surface area contributed by atoms with Gasteiger partial charge in [-0.25, -0.2) is 0 Å². The molecule has 0 bridgehead atoms. The summed E-state index contributed by atoms with van der Waals surface area (Å²) in [7, 11) is 0. The van der Waals surface area contributed by atoms with Crippen molar-refractivity contribution in [1.29, 1.82) is 0 Å². The van der Waals surface area contributed by atoms with E-state index in [2.05, 4.69) is 10.4 Å². The van der Waals surface area contributed by atoms with E-state index in [9.17, 15) is 4.79 Å². The van der Waals surface area contributed by atoms with E-state index in [0.717, 1.165) is 17.0 Å². The SMILES string of the molecule is Cc1cccc(OCc2cc3n(n2)CCNC3=O)c1. The van der Waals surface area contributed by atoms with Gasteiger partial charge in [0.15, 0.2) is 0 Å². The molecule has 5 nitrogen and oxygen atoms in total. The summed E-state index contributed by atoms with van der Waals surface area (Å²) >= 11 is 0. The fourth-order valence-electron chi connectivity index (χ4n) is 2.12. The molecule has 1 aliphatic rings. The van der Waals surface area contributed by atoms with Crippen LogP contribution in [-0.2, 0) is 13.2 Å². The lowest BCUT2D eigenvalue weighted by Crippen LogP contribution is -2.35. The van der Waals surface area contributed by atoms with Gasteiger partial charge in [-0.15, -0.1) is 0 Å². The Balaban J connectivity index is 1.72. The first-order valence-corrected chi connectivity index (χ1v) is 6.27. The smallest absolute Gasteiger partial charge is 0.269 e. The molecule has 98 valence electrons. The monoisotopic (exact) mass is 257 g/mol. The molecule has 1 amide bonds. The van der Waals surface area contributed by atoms with Gasteiger partial charge in [0, 0.05) is 6.54 Å². The molecule has 1 aromatic heterocycles. The normalized spacial score (nSPS) is 13.8. The third-order valence-electron chi connectivity index (χ3n) is 3.05. The number of carbonyl (C=O) groups excluding carboxylic acids is 1. The van der Waals surface area contributed by atoms with Crippen LogP contribution in [0.1, 0.15) is 21.7 Å². The van der Waals surface area contributed by atoms with Gasteiger partial charge in [0.1, 0.15) is 23.7 Å². The highest BCUT2D eigenvalue weighted by molar-refractivity contribution is 5.93. The second-order valence-corrected chi connectivity index (χ2v) is 4.61. The first-order chi connectivity index (χ1) is 9.22. The van der Waals surface area contributed by atoms with E-state index in [1.807, 2.05) is 31.2 Å². The van der Waals surface area contributed by atoms with Crippen LogP contribution in [-0.4, -0.2) is 22.2 Å². The molecule has 19 heavy (non-hydrogen) atoms. The average molecular weight is 257 g/mol. The van der Waals surface area contributed by atoms with Crippen LogP contribution < -0.4 is 10.1 Å². The summed E-state index contributed by atoms with van der Waals surface area (Å²) < 4.78 is 7.41. The number of hydrogen-bond acceptors (Lipinski definition) is 3. The van der Waals surface area contributed by atoms with Crippen LogP contribution in [0.5, 0.6) is 5.75 Å². The molecule has 3 rings (SSSR count). The predicted octanol–water partition coefficient (Wildman–Crippen LogP) is 1.51. The number of nitrogens with zero attached hydrogens (tertiary/aromatic N) is 2. The molecule has 1 aromatic carbocycles. The number of hydrogen-bond donors (Lipinski definition) is 1. The Bertz CT molecular complexity index is 619. The van der Waals surface area contributed by atoms with E-state index in [-0.39, 0.29) is 5.91 Å². The molecule has 0 atom stereocenters. The summed E-state index contributed by atoms with van der Waals surface area (Å²) in [6.07, 6.45) is 0. The summed E-state index contributed by atoms with van der Waals surface area (Å²) in [6, 6.07) is 9.64. The number of benzene rings is 1. The molecule has 0 aliphatic carbocycles. The Kier molecular flexibility index (Phi) is 2.95. The van der Waals surface area contributed by atoms with Crippen LogP contribution in [0.3, 0.4) is 0 Å². The van der Waals surface area contributed by atoms with E-state index >= 15 is 0 Å². The third kappa shape index (κ3) is 2.45. The number of aryl methyl sites for hydroxylation is 1. The van der Waals surface area contributed by atoms with Crippen LogP contribution >= 0.6 is 0 Å². The molecule has 1 N–H and O–H groups in total. The van der Waals surface area contributed by atoms with Crippen LogP contribution in [0.25, 0.3) is 0 Å². The van der Waals surface area contributed by atoms with Crippen molar-refractivity contribution in [2.45, 2.75) is 20.1 Å². The van der Waals surface area contributed by atoms with Crippen LogP contribution in [0.2, 0.25) is 0 Å². The number of amides is 1. The first kappa shape index (κ1) is 11.8. The summed E-state index contributed by atoms with van der Waals surface area (Å²) in [6.45, 7) is 3.74. The zero-order chi connectivity index (χ0) is 13.2. The average Bonchev–Trinajstić information content (AvgIpc) is 2.81. The van der Waals surface area contributed by atoms with Crippen molar-refractivity contribution >= 4 is 5.91 Å². The van der Waals surface area contributed by atoms with Crippen molar-refractivity contribution in [2.75, 3.05) is 6.54 Å². The zero-order valence-corrected chi connectivity index (χ0v) is 10.7. The molecule has 0 radical (unpaired) electrons. The maximum Gasteiger partial charge on any atom is 0.269 e. The second kappa shape index (κ2) is 4.76. The van der Waals surface area contributed by atoms with Gasteiger partial charge in [0.25, 0.3) is 5.91 Å². The number of rotatable bonds is 3. The minimum absolute atomic E-state index is 0.0689. The maximum absolute atomic E-state index is 11.6. The number of nitrogens with one attached hydrogen (secondary N) is 1. The largest absolute Gasteiger partial charge is 0.487 e. The Morgan fingerprint density at radius 3 is 3.11 bits per heavy atom. The Morgan fingerprint density at radius 2 is 2.32 bits per heavy atom. The molecule has 0 fully saturated rings. The molecule has 0 unspecified atom stereocenters. The fourth-order valence-corrected chi connectivity index (χ4v) is 2.12. The molecule has 2 heterocycles. The van der Waals surface area contributed by atoms with E-state index < -0.39 is 0 Å². The van der Waals surface area contributed by atoms with E-state index in [0.29, 0.717) is 25.4 Å². The van der Waals surface area contributed by atoms with Crippen LogP contribution in [0.4, 0.5) is 0 Å². The summed E-state index contributed by atoms with van der Waals surface area (Å²) in [5.41, 5.74) is 2.53. The molecule has 5 heteroatoms. The van der Waals surface area contributed by atoms with E-state index in [1.54, 1.807) is 10.7 Å². The summed E-state index contributed by atoms with van der Waals surface area (Å²) in [5.74, 6) is 0.746. The van der Waals surface area contributed by atoms with Crippen molar-refractivity contribution in [3.05, 3.63) is 47.3 Å². The standard InChI is InChI=1S/C14H15N3O2/c1-10-3-2-4-12(7-10)19-9-11-8-13-14(18)15-5-6-17(13)16-11/h2-4,7-8H,5-6,9H2,1H3,(H,15,18). The number of ether oxygens (including phenoxy) is 1. The van der Waals surface area contributed by atoms with Crippen LogP contribution in [0.15, 0.2) is 30.3 Å². The maximum atomic E-state index is 11.6. The van der Waals surface area contributed by atoms with Gasteiger partial charge >= 0.3 is 0 Å². The Hall–Kier alpha value is -2.30. The van der Waals surface area contributed by atoms with Gasteiger partial charge in [-0.1, -0.05) is 12.1 Å². The topological polar surface area (TPSA) is 56.1 Å². The highest BCUT2D eigenvalue weighted by atomic mass is 16.5. The highest BCUT2D eigenvalue weighted by Gasteiger charge is 2.19. The lowest BCUT2D eigenvalue weighted by molar-refractivity contribution is 0.0924. The molecule has 2 aromatic rings. The zero-order valence-electron chi connectivity index (χ0n) is 10.7. The fraction of sp³-hybridized carbons (Fsp3) is 0.286. The third-order valence-corrected chi connectivity index (χ3v) is 3.05. The van der Waals surface area contributed by atoms with Gasteiger partial charge in [0.2, 0.25) is 0 Å². The van der Waals surface area contributed by atoms with Crippen LogP contribution in [0, 0.1) is 6.92 Å². The Labute approximate surface area is 111 Å². The van der Waals surface area contributed by atoms with E-state index in [4.69, 9.17) is 4.74 Å². The number of aromatic nitrogens is 2. The van der Waals surface area contributed by atoms with E-state index in [1.165, 1.54) is 0 Å². The van der Waals surface area contributed by atoms with Crippen molar-refractivity contribution in [3.8, 4) is 5.75 Å². The molecular weight excluding hydrogens is 242 g/mol. The molecule has 0 saturated heterocycles. The van der Waals surface area contributed by atoms with Crippen molar-refractivity contribution < 1.29 is 9.53 Å². The Morgan fingerprint density at radius 1 is 1.42 bits per heavy atom. The number of fused-ring (bicyclic) bond motifs is 1. The minimum atomic E-state index is -0.0689. The minimum Gasteiger partial charge on any atom is -0.487 e. The van der Waals surface area contributed by atoms with Gasteiger partial charge < -0.3 is 10.1 Å². The van der Waals surface area contributed by atoms with Crippen molar-refractivity contribution in [2.24, 2.45) is 0 Å². The second-order valence-electron chi connectivity index (χ2n) is 4.61. The van der Waals surface area contributed by atoms with Crippen molar-refractivity contribution in [3.63, 3.8) is 0 Å². The number of carbonyl (C=O) groups is 1.